The van der Waals surface area contributed by atoms with Gasteiger partial charge in [-0.25, -0.2) is 0 Å². The Morgan fingerprint density at radius 1 is 1.19 bits per heavy atom. The predicted molar refractivity (Wildman–Crippen MR) is 96.2 cm³/mol. The highest BCUT2D eigenvalue weighted by Crippen LogP contribution is 2.25. The van der Waals surface area contributed by atoms with Crippen LogP contribution >= 0.6 is 0 Å². The van der Waals surface area contributed by atoms with Crippen molar-refractivity contribution in [1.82, 2.24) is 15.0 Å². The lowest BCUT2D eigenvalue weighted by atomic mass is 10.2. The Bertz CT molecular complexity index is 723. The Hall–Kier alpha value is -2.54. The van der Waals surface area contributed by atoms with E-state index in [-0.39, 0.29) is 5.91 Å². The normalized spacial score (nSPS) is 15.1. The Kier molecular flexibility index (Phi) is 6.12. The molecule has 0 unspecified atom stereocenters. The van der Waals surface area contributed by atoms with Crippen molar-refractivity contribution >= 4 is 5.91 Å². The maximum atomic E-state index is 12.4. The summed E-state index contributed by atoms with van der Waals surface area (Å²) in [6, 6.07) is 9.40. The number of hydrogen-bond donors (Lipinski definition) is 0. The van der Waals surface area contributed by atoms with Gasteiger partial charge in [0.2, 0.25) is 5.91 Å². The SMILES string of the molecule is COc1ccccc1OCCC(=O)N1CCN(Cc2cc(C)no2)CC1. The topological polar surface area (TPSA) is 68.0 Å². The van der Waals surface area contributed by atoms with Crippen LogP contribution in [0.1, 0.15) is 17.9 Å². The fourth-order valence-electron chi connectivity index (χ4n) is 3.01. The number of benzene rings is 1. The number of aryl methyl sites for hydroxylation is 1. The summed E-state index contributed by atoms with van der Waals surface area (Å²) < 4.78 is 16.2. The van der Waals surface area contributed by atoms with Crippen LogP contribution in [0.15, 0.2) is 34.9 Å². The lowest BCUT2D eigenvalue weighted by molar-refractivity contribution is -0.133. The highest BCUT2D eigenvalue weighted by Gasteiger charge is 2.22. The second-order valence-electron chi connectivity index (χ2n) is 6.34. The molecule has 1 saturated heterocycles. The molecule has 0 spiro atoms. The second-order valence-corrected chi connectivity index (χ2v) is 6.34. The molecule has 1 aliphatic heterocycles. The molecule has 26 heavy (non-hydrogen) atoms. The fourth-order valence-corrected chi connectivity index (χ4v) is 3.01. The molecule has 7 nitrogen and oxygen atoms in total. The van der Waals surface area contributed by atoms with E-state index in [2.05, 4.69) is 10.1 Å². The molecular weight excluding hydrogens is 334 g/mol. The number of piperazine rings is 1. The molecule has 0 aliphatic carbocycles. The Balaban J connectivity index is 1.39. The summed E-state index contributed by atoms with van der Waals surface area (Å²) in [5.74, 6) is 2.33. The first-order chi connectivity index (χ1) is 12.7. The molecule has 1 fully saturated rings. The number of nitrogens with zero attached hydrogens (tertiary/aromatic N) is 3. The van der Waals surface area contributed by atoms with E-state index in [0.717, 1.165) is 44.2 Å². The minimum Gasteiger partial charge on any atom is -0.493 e. The Morgan fingerprint density at radius 2 is 1.92 bits per heavy atom. The average molecular weight is 359 g/mol. The van der Waals surface area contributed by atoms with E-state index in [0.29, 0.717) is 24.5 Å². The number of hydrogen-bond acceptors (Lipinski definition) is 6. The zero-order valence-electron chi connectivity index (χ0n) is 15.3. The number of amides is 1. The fraction of sp³-hybridized carbons (Fsp3) is 0.474. The largest absolute Gasteiger partial charge is 0.493 e. The monoisotopic (exact) mass is 359 g/mol. The van der Waals surface area contributed by atoms with Gasteiger partial charge >= 0.3 is 0 Å². The lowest BCUT2D eigenvalue weighted by Crippen LogP contribution is -2.48. The molecule has 2 heterocycles. The minimum absolute atomic E-state index is 0.120. The first-order valence-electron chi connectivity index (χ1n) is 8.84. The second kappa shape index (κ2) is 8.71. The summed E-state index contributed by atoms with van der Waals surface area (Å²) in [5.41, 5.74) is 0.892. The van der Waals surface area contributed by atoms with Crippen LogP contribution in [0.5, 0.6) is 11.5 Å². The summed E-state index contributed by atoms with van der Waals surface area (Å²) in [4.78, 5) is 16.5. The van der Waals surface area contributed by atoms with Gasteiger partial charge in [-0.2, -0.15) is 0 Å². The summed E-state index contributed by atoms with van der Waals surface area (Å²) in [6.45, 7) is 6.10. The molecule has 0 atom stereocenters. The van der Waals surface area contributed by atoms with Crippen molar-refractivity contribution in [3.8, 4) is 11.5 Å². The molecule has 1 aromatic carbocycles. The van der Waals surface area contributed by atoms with Gasteiger partial charge in [0.15, 0.2) is 17.3 Å². The maximum absolute atomic E-state index is 12.4. The molecule has 0 bridgehead atoms. The van der Waals surface area contributed by atoms with Gasteiger partial charge in [0.25, 0.3) is 0 Å². The minimum atomic E-state index is 0.120. The number of carbonyl (C=O) groups is 1. The van der Waals surface area contributed by atoms with Crippen molar-refractivity contribution in [2.45, 2.75) is 19.9 Å². The zero-order chi connectivity index (χ0) is 18.4. The van der Waals surface area contributed by atoms with Crippen LogP contribution in [0.25, 0.3) is 0 Å². The first kappa shape index (κ1) is 18.3. The van der Waals surface area contributed by atoms with Crippen molar-refractivity contribution in [1.29, 1.82) is 0 Å². The van der Waals surface area contributed by atoms with Crippen molar-refractivity contribution in [3.63, 3.8) is 0 Å². The predicted octanol–water partition coefficient (Wildman–Crippen LogP) is 2.10. The number of rotatable bonds is 7. The third-order valence-electron chi connectivity index (χ3n) is 4.42. The van der Waals surface area contributed by atoms with Crippen molar-refractivity contribution < 1.29 is 18.8 Å². The van der Waals surface area contributed by atoms with Crippen molar-refractivity contribution in [3.05, 3.63) is 41.8 Å². The molecule has 1 aliphatic rings. The number of aromatic nitrogens is 1. The Morgan fingerprint density at radius 3 is 2.58 bits per heavy atom. The van der Waals surface area contributed by atoms with E-state index in [4.69, 9.17) is 14.0 Å². The molecule has 3 rings (SSSR count). The summed E-state index contributed by atoms with van der Waals surface area (Å²) in [7, 11) is 1.60. The van der Waals surface area contributed by atoms with E-state index >= 15 is 0 Å². The summed E-state index contributed by atoms with van der Waals surface area (Å²) >= 11 is 0. The van der Waals surface area contributed by atoms with Crippen LogP contribution in [-0.4, -0.2) is 60.8 Å². The van der Waals surface area contributed by atoms with Gasteiger partial charge in [-0.3, -0.25) is 9.69 Å². The van der Waals surface area contributed by atoms with Crippen LogP contribution in [0, 0.1) is 6.92 Å². The van der Waals surface area contributed by atoms with Crippen LogP contribution in [-0.2, 0) is 11.3 Å². The quantitative estimate of drug-likeness (QED) is 0.754. The van der Waals surface area contributed by atoms with Gasteiger partial charge in [-0.1, -0.05) is 17.3 Å². The molecular formula is C19H25N3O4. The van der Waals surface area contributed by atoms with Gasteiger partial charge in [-0.05, 0) is 19.1 Å². The van der Waals surface area contributed by atoms with Gasteiger partial charge in [0, 0.05) is 32.2 Å². The summed E-state index contributed by atoms with van der Waals surface area (Å²) in [5, 5.41) is 3.91. The smallest absolute Gasteiger partial charge is 0.226 e. The molecule has 140 valence electrons. The van der Waals surface area contributed by atoms with Crippen LogP contribution < -0.4 is 9.47 Å². The van der Waals surface area contributed by atoms with Crippen LogP contribution in [0.2, 0.25) is 0 Å². The van der Waals surface area contributed by atoms with Crippen LogP contribution in [0.4, 0.5) is 0 Å². The van der Waals surface area contributed by atoms with E-state index in [1.165, 1.54) is 0 Å². The van der Waals surface area contributed by atoms with Gasteiger partial charge < -0.3 is 18.9 Å². The molecule has 2 aromatic rings. The molecule has 0 radical (unpaired) electrons. The Labute approximate surface area is 153 Å². The van der Waals surface area contributed by atoms with Gasteiger partial charge in [0.1, 0.15) is 0 Å². The standard InChI is InChI=1S/C19H25N3O4/c1-15-13-16(26-20-15)14-21-8-10-22(11-9-21)19(23)7-12-25-18-6-4-3-5-17(18)24-2/h3-6,13H,7-12,14H2,1-2H3. The lowest BCUT2D eigenvalue weighted by Gasteiger charge is -2.34. The van der Waals surface area contributed by atoms with E-state index in [9.17, 15) is 4.79 Å². The number of para-hydroxylation sites is 2. The van der Waals surface area contributed by atoms with E-state index in [1.807, 2.05) is 42.2 Å². The van der Waals surface area contributed by atoms with Gasteiger partial charge in [-0.15, -0.1) is 0 Å². The zero-order valence-corrected chi connectivity index (χ0v) is 15.3. The van der Waals surface area contributed by atoms with Crippen LogP contribution in [0.3, 0.4) is 0 Å². The summed E-state index contributed by atoms with van der Waals surface area (Å²) in [6.07, 6.45) is 0.360. The number of carbonyl (C=O) groups excluding carboxylic acids is 1. The molecule has 0 N–H and O–H groups in total. The molecule has 7 heteroatoms. The van der Waals surface area contributed by atoms with E-state index < -0.39 is 0 Å². The van der Waals surface area contributed by atoms with E-state index in [1.54, 1.807) is 7.11 Å². The molecule has 0 saturated carbocycles. The highest BCUT2D eigenvalue weighted by molar-refractivity contribution is 5.76. The van der Waals surface area contributed by atoms with Crippen molar-refractivity contribution in [2.75, 3.05) is 39.9 Å². The average Bonchev–Trinajstić information content (AvgIpc) is 3.07. The molecule has 1 amide bonds. The van der Waals surface area contributed by atoms with Crippen molar-refractivity contribution in [2.24, 2.45) is 0 Å². The first-order valence-corrected chi connectivity index (χ1v) is 8.84. The third kappa shape index (κ3) is 4.76. The maximum Gasteiger partial charge on any atom is 0.226 e. The highest BCUT2D eigenvalue weighted by atomic mass is 16.5. The third-order valence-corrected chi connectivity index (χ3v) is 4.42. The number of methoxy groups -OCH3 is 1. The number of ether oxygens (including phenoxy) is 2. The van der Waals surface area contributed by atoms with Gasteiger partial charge in [0.05, 0.1) is 32.4 Å². The molecule has 1 aromatic heterocycles.